The van der Waals surface area contributed by atoms with Gasteiger partial charge in [0.05, 0.1) is 18.7 Å². The molecule has 3 aromatic rings. The predicted octanol–water partition coefficient (Wildman–Crippen LogP) is 3.95. The second kappa shape index (κ2) is 8.44. The quantitative estimate of drug-likeness (QED) is 0.626. The summed E-state index contributed by atoms with van der Waals surface area (Å²) in [5.74, 6) is 0.351. The van der Waals surface area contributed by atoms with Crippen molar-refractivity contribution in [1.82, 2.24) is 4.98 Å². The number of anilines is 1. The maximum atomic E-state index is 12.6. The van der Waals surface area contributed by atoms with Crippen LogP contribution in [0.25, 0.3) is 11.1 Å². The summed E-state index contributed by atoms with van der Waals surface area (Å²) >= 11 is 0. The van der Waals surface area contributed by atoms with Crippen molar-refractivity contribution in [3.05, 3.63) is 52.5 Å². The van der Waals surface area contributed by atoms with E-state index in [0.29, 0.717) is 47.1 Å². The Kier molecular flexibility index (Phi) is 5.80. The molecule has 0 fully saturated rings. The van der Waals surface area contributed by atoms with E-state index in [4.69, 9.17) is 13.9 Å². The van der Waals surface area contributed by atoms with E-state index < -0.39 is 5.76 Å². The van der Waals surface area contributed by atoms with Gasteiger partial charge in [0.1, 0.15) is 0 Å². The smallest absolute Gasteiger partial charge is 0.417 e. The van der Waals surface area contributed by atoms with Gasteiger partial charge in [-0.3, -0.25) is 9.78 Å². The molecule has 3 rings (SSSR count). The monoisotopic (exact) mass is 370 g/mol. The lowest BCUT2D eigenvalue weighted by molar-refractivity contribution is 0.102. The first kappa shape index (κ1) is 18.6. The number of hydrogen-bond donors (Lipinski definition) is 2. The molecule has 0 aliphatic heterocycles. The number of fused-ring (bicyclic) bond motifs is 1. The number of carbonyl (C=O) groups is 1. The fraction of sp³-hybridized carbons (Fsp3) is 0.300. The SMILES string of the molecule is CCCOc1ccc(C(=O)Nc2ccc3oc(=O)[nH]c3c2)cc1OCCC. The number of rotatable bonds is 8. The van der Waals surface area contributed by atoms with E-state index in [2.05, 4.69) is 10.3 Å². The lowest BCUT2D eigenvalue weighted by atomic mass is 10.1. The Labute approximate surface area is 156 Å². The molecule has 2 aromatic carbocycles. The average Bonchev–Trinajstić information content (AvgIpc) is 3.04. The number of H-pyrrole nitrogens is 1. The first-order valence-corrected chi connectivity index (χ1v) is 8.94. The van der Waals surface area contributed by atoms with Crippen molar-refractivity contribution in [3.63, 3.8) is 0 Å². The minimum Gasteiger partial charge on any atom is -0.490 e. The zero-order valence-corrected chi connectivity index (χ0v) is 15.3. The van der Waals surface area contributed by atoms with Gasteiger partial charge in [0.2, 0.25) is 0 Å². The summed E-state index contributed by atoms with van der Waals surface area (Å²) in [4.78, 5) is 26.4. The van der Waals surface area contributed by atoms with E-state index in [1.54, 1.807) is 36.4 Å². The van der Waals surface area contributed by atoms with Crippen molar-refractivity contribution in [2.24, 2.45) is 0 Å². The van der Waals surface area contributed by atoms with Gasteiger partial charge in [-0.05, 0) is 49.2 Å². The molecule has 0 radical (unpaired) electrons. The van der Waals surface area contributed by atoms with E-state index in [0.717, 1.165) is 12.8 Å². The predicted molar refractivity (Wildman–Crippen MR) is 103 cm³/mol. The summed E-state index contributed by atoms with van der Waals surface area (Å²) in [6.45, 7) is 5.16. The highest BCUT2D eigenvalue weighted by atomic mass is 16.5. The molecule has 0 unspecified atom stereocenters. The van der Waals surface area contributed by atoms with Crippen molar-refractivity contribution in [3.8, 4) is 11.5 Å². The minimum atomic E-state index is -0.533. The normalized spacial score (nSPS) is 10.7. The molecule has 1 amide bonds. The van der Waals surface area contributed by atoms with E-state index in [9.17, 15) is 9.59 Å². The van der Waals surface area contributed by atoms with Crippen LogP contribution >= 0.6 is 0 Å². The van der Waals surface area contributed by atoms with Gasteiger partial charge in [-0.1, -0.05) is 13.8 Å². The number of hydrogen-bond acceptors (Lipinski definition) is 5. The highest BCUT2D eigenvalue weighted by Crippen LogP contribution is 2.29. The van der Waals surface area contributed by atoms with Crippen LogP contribution in [0.4, 0.5) is 5.69 Å². The number of nitrogens with one attached hydrogen (secondary N) is 2. The lowest BCUT2D eigenvalue weighted by Gasteiger charge is -2.13. The van der Waals surface area contributed by atoms with Gasteiger partial charge in [-0.25, -0.2) is 4.79 Å². The summed E-state index contributed by atoms with van der Waals surface area (Å²) < 4.78 is 16.4. The Morgan fingerprint density at radius 1 is 1.04 bits per heavy atom. The molecular formula is C20H22N2O5. The molecule has 142 valence electrons. The highest BCUT2D eigenvalue weighted by Gasteiger charge is 2.13. The molecule has 0 atom stereocenters. The van der Waals surface area contributed by atoms with Crippen LogP contribution in [0.15, 0.2) is 45.6 Å². The van der Waals surface area contributed by atoms with Crippen LogP contribution in [0.5, 0.6) is 11.5 Å². The molecule has 0 saturated carbocycles. The number of carbonyl (C=O) groups excluding carboxylic acids is 1. The molecule has 0 bridgehead atoms. The Morgan fingerprint density at radius 3 is 2.52 bits per heavy atom. The topological polar surface area (TPSA) is 93.6 Å². The fourth-order valence-electron chi connectivity index (χ4n) is 2.54. The van der Waals surface area contributed by atoms with Gasteiger partial charge in [0.15, 0.2) is 17.1 Å². The summed E-state index contributed by atoms with van der Waals surface area (Å²) in [6.07, 6.45) is 1.74. The van der Waals surface area contributed by atoms with Crippen LogP contribution in [0, 0.1) is 0 Å². The van der Waals surface area contributed by atoms with Gasteiger partial charge in [0, 0.05) is 11.3 Å². The van der Waals surface area contributed by atoms with Crippen LogP contribution in [-0.4, -0.2) is 24.1 Å². The summed E-state index contributed by atoms with van der Waals surface area (Å²) in [7, 11) is 0. The Balaban J connectivity index is 1.80. The molecule has 0 aliphatic carbocycles. The molecule has 0 spiro atoms. The summed E-state index contributed by atoms with van der Waals surface area (Å²) in [5, 5.41) is 2.81. The van der Waals surface area contributed by atoms with Gasteiger partial charge < -0.3 is 19.2 Å². The van der Waals surface area contributed by atoms with Crippen molar-refractivity contribution >= 4 is 22.7 Å². The number of aromatic amines is 1. The molecule has 7 nitrogen and oxygen atoms in total. The van der Waals surface area contributed by atoms with E-state index >= 15 is 0 Å². The first-order chi connectivity index (χ1) is 13.1. The van der Waals surface area contributed by atoms with Gasteiger partial charge in [-0.15, -0.1) is 0 Å². The highest BCUT2D eigenvalue weighted by molar-refractivity contribution is 6.05. The van der Waals surface area contributed by atoms with Gasteiger partial charge in [0.25, 0.3) is 5.91 Å². The van der Waals surface area contributed by atoms with Crippen LogP contribution in [0.3, 0.4) is 0 Å². The second-order valence-electron chi connectivity index (χ2n) is 6.04. The van der Waals surface area contributed by atoms with Crippen LogP contribution in [-0.2, 0) is 0 Å². The first-order valence-electron chi connectivity index (χ1n) is 8.94. The fourth-order valence-corrected chi connectivity index (χ4v) is 2.54. The number of aromatic nitrogens is 1. The largest absolute Gasteiger partial charge is 0.490 e. The molecule has 0 aliphatic rings. The van der Waals surface area contributed by atoms with Crippen LogP contribution < -0.4 is 20.5 Å². The van der Waals surface area contributed by atoms with Crippen molar-refractivity contribution < 1.29 is 18.7 Å². The van der Waals surface area contributed by atoms with Gasteiger partial charge in [-0.2, -0.15) is 0 Å². The molecule has 2 N–H and O–H groups in total. The lowest BCUT2D eigenvalue weighted by Crippen LogP contribution is -2.12. The second-order valence-corrected chi connectivity index (χ2v) is 6.04. The van der Waals surface area contributed by atoms with Crippen molar-refractivity contribution in [1.29, 1.82) is 0 Å². The maximum absolute atomic E-state index is 12.6. The summed E-state index contributed by atoms with van der Waals surface area (Å²) in [5.41, 5.74) is 1.95. The molecule has 1 aromatic heterocycles. The molecule has 7 heteroatoms. The zero-order chi connectivity index (χ0) is 19.2. The molecule has 1 heterocycles. The summed E-state index contributed by atoms with van der Waals surface area (Å²) in [6, 6.07) is 10.0. The third-order valence-corrected chi connectivity index (χ3v) is 3.81. The number of oxazole rings is 1. The van der Waals surface area contributed by atoms with Crippen LogP contribution in [0.2, 0.25) is 0 Å². The third kappa shape index (κ3) is 4.49. The van der Waals surface area contributed by atoms with Gasteiger partial charge >= 0.3 is 5.76 Å². The minimum absolute atomic E-state index is 0.288. The third-order valence-electron chi connectivity index (χ3n) is 3.81. The Bertz CT molecular complexity index is 989. The Hall–Kier alpha value is -3.22. The molecule has 27 heavy (non-hydrogen) atoms. The van der Waals surface area contributed by atoms with E-state index in [1.807, 2.05) is 13.8 Å². The van der Waals surface area contributed by atoms with E-state index in [-0.39, 0.29) is 5.91 Å². The maximum Gasteiger partial charge on any atom is 0.417 e. The van der Waals surface area contributed by atoms with Crippen molar-refractivity contribution in [2.45, 2.75) is 26.7 Å². The number of benzene rings is 2. The van der Waals surface area contributed by atoms with Crippen LogP contribution in [0.1, 0.15) is 37.0 Å². The van der Waals surface area contributed by atoms with Crippen molar-refractivity contribution in [2.75, 3.05) is 18.5 Å². The van der Waals surface area contributed by atoms with E-state index in [1.165, 1.54) is 0 Å². The molecular weight excluding hydrogens is 348 g/mol. The zero-order valence-electron chi connectivity index (χ0n) is 15.3. The Morgan fingerprint density at radius 2 is 1.78 bits per heavy atom. The standard InChI is InChI=1S/C20H22N2O5/c1-3-9-25-17-7-5-13(11-18(17)26-10-4-2)19(23)21-14-6-8-16-15(12-14)22-20(24)27-16/h5-8,11-12H,3-4,9-10H2,1-2H3,(H,21,23)(H,22,24). The molecule has 0 saturated heterocycles. The number of ether oxygens (including phenoxy) is 2. The number of amides is 1. The average molecular weight is 370 g/mol.